The van der Waals surface area contributed by atoms with Gasteiger partial charge in [-0.05, 0) is 56.5 Å². The first-order chi connectivity index (χ1) is 17.9. The van der Waals surface area contributed by atoms with E-state index < -0.39 is 12.2 Å². The highest BCUT2D eigenvalue weighted by Crippen LogP contribution is 2.39. The number of nitrogens with zero attached hydrogens (tertiary/aromatic N) is 5. The molecule has 3 aromatic heterocycles. The van der Waals surface area contributed by atoms with Gasteiger partial charge in [0.2, 0.25) is 0 Å². The standard InChI is InChI=1S/C27H30F3N7O/c1-4-26(2,3)33-25(38)17-6-5-16-7-9-20(32-21(16)13-17)24-35-34-22-10-8-18(14-37(22)24)23(27(28,29)30)36-12-11-19(31)15-36/h5-10,13-14,19,23H,4,11-12,15,31H2,1-3H3,(H,33,38)/t19-,23-/m1/s1. The topological polar surface area (TPSA) is 101 Å². The Morgan fingerprint density at radius 1 is 1.16 bits per heavy atom. The van der Waals surface area contributed by atoms with E-state index in [-0.39, 0.29) is 36.1 Å². The summed E-state index contributed by atoms with van der Waals surface area (Å²) >= 11 is 0. The van der Waals surface area contributed by atoms with Crippen molar-refractivity contribution < 1.29 is 18.0 Å². The van der Waals surface area contributed by atoms with Crippen molar-refractivity contribution in [3.05, 3.63) is 59.8 Å². The molecule has 11 heteroatoms. The van der Waals surface area contributed by atoms with Crippen LogP contribution in [-0.2, 0) is 0 Å². The third kappa shape index (κ3) is 5.08. The monoisotopic (exact) mass is 525 g/mol. The van der Waals surface area contributed by atoms with Crippen LogP contribution in [0.5, 0.6) is 0 Å². The molecule has 1 aliphatic rings. The van der Waals surface area contributed by atoms with Gasteiger partial charge in [-0.3, -0.25) is 14.1 Å². The van der Waals surface area contributed by atoms with E-state index in [9.17, 15) is 18.0 Å². The number of pyridine rings is 2. The minimum Gasteiger partial charge on any atom is -0.347 e. The largest absolute Gasteiger partial charge is 0.408 e. The van der Waals surface area contributed by atoms with E-state index in [1.165, 1.54) is 27.6 Å². The smallest absolute Gasteiger partial charge is 0.347 e. The number of halogens is 3. The minimum atomic E-state index is -4.48. The number of alkyl halides is 3. The lowest BCUT2D eigenvalue weighted by atomic mass is 10.0. The van der Waals surface area contributed by atoms with Gasteiger partial charge in [-0.1, -0.05) is 25.1 Å². The van der Waals surface area contributed by atoms with E-state index in [0.717, 1.165) is 11.8 Å². The summed E-state index contributed by atoms with van der Waals surface area (Å²) in [6.45, 7) is 6.35. The highest BCUT2D eigenvalue weighted by molar-refractivity contribution is 5.98. The Morgan fingerprint density at radius 3 is 2.61 bits per heavy atom. The van der Waals surface area contributed by atoms with Gasteiger partial charge in [-0.15, -0.1) is 10.2 Å². The molecule has 0 saturated carbocycles. The summed E-state index contributed by atoms with van der Waals surface area (Å²) in [5.41, 5.74) is 7.50. The summed E-state index contributed by atoms with van der Waals surface area (Å²) in [7, 11) is 0. The molecule has 1 amide bonds. The number of fused-ring (bicyclic) bond motifs is 2. The van der Waals surface area contributed by atoms with Crippen molar-refractivity contribution in [1.29, 1.82) is 0 Å². The number of benzene rings is 1. The van der Waals surface area contributed by atoms with Crippen molar-refractivity contribution in [2.75, 3.05) is 13.1 Å². The molecule has 0 radical (unpaired) electrons. The van der Waals surface area contributed by atoms with Gasteiger partial charge in [-0.25, -0.2) is 4.98 Å². The number of likely N-dealkylation sites (tertiary alicyclic amines) is 1. The van der Waals surface area contributed by atoms with Crippen molar-refractivity contribution in [2.24, 2.45) is 5.73 Å². The molecule has 1 saturated heterocycles. The summed E-state index contributed by atoms with van der Waals surface area (Å²) in [6, 6.07) is 9.73. The van der Waals surface area contributed by atoms with E-state index >= 15 is 0 Å². The summed E-state index contributed by atoms with van der Waals surface area (Å²) in [5, 5.41) is 12.2. The zero-order valence-electron chi connectivity index (χ0n) is 21.5. The zero-order valence-corrected chi connectivity index (χ0v) is 21.5. The second kappa shape index (κ2) is 9.63. The molecule has 0 bridgehead atoms. The fraction of sp³-hybridized carbons (Fsp3) is 0.407. The fourth-order valence-corrected chi connectivity index (χ4v) is 4.75. The number of carbonyl (C=O) groups is 1. The van der Waals surface area contributed by atoms with Crippen LogP contribution < -0.4 is 11.1 Å². The maximum Gasteiger partial charge on any atom is 0.408 e. The molecular weight excluding hydrogens is 495 g/mol. The number of nitrogens with two attached hydrogens (primary N) is 1. The predicted molar refractivity (Wildman–Crippen MR) is 139 cm³/mol. The predicted octanol–water partition coefficient (Wildman–Crippen LogP) is 4.50. The van der Waals surface area contributed by atoms with E-state index in [1.807, 2.05) is 32.9 Å². The molecule has 38 heavy (non-hydrogen) atoms. The molecule has 2 atom stereocenters. The van der Waals surface area contributed by atoms with Gasteiger partial charge in [0, 0.05) is 41.8 Å². The lowest BCUT2D eigenvalue weighted by Crippen LogP contribution is -2.42. The molecule has 0 unspecified atom stereocenters. The molecule has 5 rings (SSSR count). The van der Waals surface area contributed by atoms with Crippen LogP contribution >= 0.6 is 0 Å². The average Bonchev–Trinajstić information content (AvgIpc) is 3.48. The molecule has 3 N–H and O–H groups in total. The maximum absolute atomic E-state index is 14.2. The first-order valence-electron chi connectivity index (χ1n) is 12.6. The SMILES string of the molecule is CCC(C)(C)NC(=O)c1ccc2ccc(-c3nnc4ccc([C@@H](N5CC[C@@H](N)C5)C(F)(F)F)cn34)nc2c1. The quantitative estimate of drug-likeness (QED) is 0.385. The normalized spacial score (nSPS) is 17.8. The number of hydrogen-bond acceptors (Lipinski definition) is 6. The van der Waals surface area contributed by atoms with Gasteiger partial charge in [0.25, 0.3) is 5.91 Å². The molecule has 200 valence electrons. The van der Waals surface area contributed by atoms with Gasteiger partial charge in [-0.2, -0.15) is 13.2 Å². The Balaban J connectivity index is 1.53. The van der Waals surface area contributed by atoms with E-state index in [4.69, 9.17) is 5.73 Å². The Hall–Kier alpha value is -3.57. The van der Waals surface area contributed by atoms with Crippen LogP contribution in [0.2, 0.25) is 0 Å². The Labute approximate surface area is 218 Å². The molecule has 1 fully saturated rings. The van der Waals surface area contributed by atoms with Crippen molar-refractivity contribution in [2.45, 2.75) is 57.4 Å². The second-order valence-corrected chi connectivity index (χ2v) is 10.5. The summed E-state index contributed by atoms with van der Waals surface area (Å²) < 4.78 is 44.0. The van der Waals surface area contributed by atoms with Crippen LogP contribution in [0.15, 0.2) is 48.7 Å². The van der Waals surface area contributed by atoms with Crippen molar-refractivity contribution in [3.63, 3.8) is 0 Å². The number of rotatable bonds is 6. The van der Waals surface area contributed by atoms with Gasteiger partial charge in [0.15, 0.2) is 11.5 Å². The molecule has 4 aromatic rings. The molecule has 1 aliphatic heterocycles. The molecule has 1 aromatic carbocycles. The summed E-state index contributed by atoms with van der Waals surface area (Å²) in [4.78, 5) is 18.9. The van der Waals surface area contributed by atoms with Gasteiger partial charge < -0.3 is 11.1 Å². The summed E-state index contributed by atoms with van der Waals surface area (Å²) in [6.07, 6.45) is -1.76. The Kier molecular flexibility index (Phi) is 6.60. The van der Waals surface area contributed by atoms with Crippen LogP contribution in [-0.4, -0.2) is 61.2 Å². The number of carbonyl (C=O) groups excluding carboxylic acids is 1. The lowest BCUT2D eigenvalue weighted by molar-refractivity contribution is -0.183. The van der Waals surface area contributed by atoms with Crippen LogP contribution in [0.1, 0.15) is 55.6 Å². The lowest BCUT2D eigenvalue weighted by Gasteiger charge is -2.30. The maximum atomic E-state index is 14.2. The fourth-order valence-electron chi connectivity index (χ4n) is 4.75. The average molecular weight is 526 g/mol. The van der Waals surface area contributed by atoms with Gasteiger partial charge >= 0.3 is 6.18 Å². The summed E-state index contributed by atoms with van der Waals surface area (Å²) in [5.74, 6) is 0.105. The Morgan fingerprint density at radius 2 is 1.92 bits per heavy atom. The molecule has 0 aliphatic carbocycles. The highest BCUT2D eigenvalue weighted by Gasteiger charge is 2.46. The molecule has 0 spiro atoms. The molecule has 4 heterocycles. The number of nitrogens with one attached hydrogen (secondary N) is 1. The van der Waals surface area contributed by atoms with Crippen LogP contribution in [0.25, 0.3) is 28.1 Å². The number of hydrogen-bond donors (Lipinski definition) is 2. The second-order valence-electron chi connectivity index (χ2n) is 10.5. The number of aromatic nitrogens is 4. The first-order valence-corrected chi connectivity index (χ1v) is 12.6. The van der Waals surface area contributed by atoms with Crippen LogP contribution in [0.3, 0.4) is 0 Å². The van der Waals surface area contributed by atoms with Crippen molar-refractivity contribution in [3.8, 4) is 11.5 Å². The highest BCUT2D eigenvalue weighted by atomic mass is 19.4. The van der Waals surface area contributed by atoms with Gasteiger partial charge in [0.1, 0.15) is 11.7 Å². The first kappa shape index (κ1) is 26.1. The van der Waals surface area contributed by atoms with E-state index in [1.54, 1.807) is 18.2 Å². The molecular formula is C27H30F3N7O. The minimum absolute atomic E-state index is 0.0819. The van der Waals surface area contributed by atoms with Crippen molar-refractivity contribution in [1.82, 2.24) is 29.8 Å². The van der Waals surface area contributed by atoms with E-state index in [2.05, 4.69) is 20.5 Å². The van der Waals surface area contributed by atoms with E-state index in [0.29, 0.717) is 34.7 Å². The Bertz CT molecular complexity index is 1500. The van der Waals surface area contributed by atoms with Gasteiger partial charge in [0.05, 0.1) is 5.52 Å². The molecule has 8 nitrogen and oxygen atoms in total. The van der Waals surface area contributed by atoms with Crippen LogP contribution in [0.4, 0.5) is 13.2 Å². The zero-order chi connectivity index (χ0) is 27.2. The van der Waals surface area contributed by atoms with Crippen molar-refractivity contribution >= 4 is 22.5 Å². The number of amides is 1. The third-order valence-corrected chi connectivity index (χ3v) is 7.19. The third-order valence-electron chi connectivity index (χ3n) is 7.19. The van der Waals surface area contributed by atoms with Crippen LogP contribution in [0, 0.1) is 0 Å².